The second kappa shape index (κ2) is 7.66. The summed E-state index contributed by atoms with van der Waals surface area (Å²) in [5.74, 6) is 5.68. The number of nitrogens with zero attached hydrogens (tertiary/aromatic N) is 3. The maximum atomic E-state index is 5.68. The van der Waals surface area contributed by atoms with Crippen LogP contribution in [0, 0.1) is 0 Å². The molecule has 1 heterocycles. The smallest absolute Gasteiger partial charge is 0.0922 e. The first kappa shape index (κ1) is 16.1. The van der Waals surface area contributed by atoms with Crippen molar-refractivity contribution in [3.8, 4) is 0 Å². The van der Waals surface area contributed by atoms with Gasteiger partial charge in [0.25, 0.3) is 0 Å². The number of benzene rings is 1. The first-order chi connectivity index (χ1) is 10.6. The van der Waals surface area contributed by atoms with E-state index in [1.54, 1.807) is 0 Å². The number of nitrogens with two attached hydrogens (primary N) is 1. The third-order valence-electron chi connectivity index (χ3n) is 3.95. The third-order valence-corrected chi connectivity index (χ3v) is 3.95. The van der Waals surface area contributed by atoms with E-state index in [2.05, 4.69) is 47.3 Å². The normalized spacial score (nSPS) is 17.1. The molecule has 22 heavy (non-hydrogen) atoms. The highest BCUT2D eigenvalue weighted by molar-refractivity contribution is 5.22. The molecule has 1 unspecified atom stereocenters. The van der Waals surface area contributed by atoms with E-state index in [9.17, 15) is 0 Å². The van der Waals surface area contributed by atoms with Crippen molar-refractivity contribution in [2.75, 3.05) is 13.1 Å². The Balaban J connectivity index is 1.90. The summed E-state index contributed by atoms with van der Waals surface area (Å²) in [5.41, 5.74) is 3.22. The summed E-state index contributed by atoms with van der Waals surface area (Å²) in [7, 11) is 0. The summed E-state index contributed by atoms with van der Waals surface area (Å²) in [6, 6.07) is 10.6. The second-order valence-electron chi connectivity index (χ2n) is 5.52. The van der Waals surface area contributed by atoms with Gasteiger partial charge in [-0.1, -0.05) is 43.5 Å². The molecular formula is C17H25N5. The summed E-state index contributed by atoms with van der Waals surface area (Å²) in [5, 5.41) is 8.42. The van der Waals surface area contributed by atoms with E-state index >= 15 is 0 Å². The number of likely N-dealkylation sites (tertiary alicyclic amines) is 1. The fourth-order valence-corrected chi connectivity index (χ4v) is 2.76. The third kappa shape index (κ3) is 4.11. The summed E-state index contributed by atoms with van der Waals surface area (Å²) < 4.78 is 0. The van der Waals surface area contributed by atoms with Gasteiger partial charge in [-0.2, -0.15) is 5.10 Å². The predicted octanol–water partition coefficient (Wildman–Crippen LogP) is 2.06. The SMILES string of the molecule is C=NN(N)CC(=C)N1CCCC1C(=C)NCc1ccccc1. The molecule has 0 spiro atoms. The first-order valence-electron chi connectivity index (χ1n) is 7.51. The molecule has 5 nitrogen and oxygen atoms in total. The van der Waals surface area contributed by atoms with Crippen molar-refractivity contribution < 1.29 is 0 Å². The molecule has 5 heteroatoms. The lowest BCUT2D eigenvalue weighted by molar-refractivity contribution is 0.263. The van der Waals surface area contributed by atoms with Crippen LogP contribution in [-0.2, 0) is 6.54 Å². The van der Waals surface area contributed by atoms with Crippen LogP contribution in [0.4, 0.5) is 0 Å². The Hall–Kier alpha value is -2.27. The molecule has 1 aliphatic heterocycles. The number of hydrogen-bond acceptors (Lipinski definition) is 5. The maximum absolute atomic E-state index is 5.68. The minimum absolute atomic E-state index is 0.259. The molecule has 0 radical (unpaired) electrons. The van der Waals surface area contributed by atoms with Crippen LogP contribution in [0.25, 0.3) is 0 Å². The Labute approximate surface area is 132 Å². The molecule has 2 rings (SSSR count). The molecule has 0 bridgehead atoms. The van der Waals surface area contributed by atoms with Gasteiger partial charge < -0.3 is 10.2 Å². The standard InChI is InChI=1S/C17H25N5/c1-14(13-22(18)19-3)21-11-7-10-17(21)15(2)20-12-16-8-5-4-6-9-16/h4-6,8-9,17,20H,1-3,7,10-13,18H2. The van der Waals surface area contributed by atoms with E-state index < -0.39 is 0 Å². The maximum Gasteiger partial charge on any atom is 0.0922 e. The highest BCUT2D eigenvalue weighted by Gasteiger charge is 2.28. The van der Waals surface area contributed by atoms with Gasteiger partial charge in [0.05, 0.1) is 12.6 Å². The van der Waals surface area contributed by atoms with Gasteiger partial charge in [-0.15, -0.1) is 0 Å². The number of hydrazine groups is 1. The van der Waals surface area contributed by atoms with E-state index in [4.69, 9.17) is 5.84 Å². The summed E-state index contributed by atoms with van der Waals surface area (Å²) >= 11 is 0. The molecule has 0 aliphatic carbocycles. The average molecular weight is 299 g/mol. The molecule has 1 saturated heterocycles. The highest BCUT2D eigenvalue weighted by atomic mass is 15.6. The van der Waals surface area contributed by atoms with E-state index in [1.165, 1.54) is 10.7 Å². The van der Waals surface area contributed by atoms with E-state index in [0.717, 1.165) is 37.3 Å². The van der Waals surface area contributed by atoms with Gasteiger partial charge in [-0.3, -0.25) is 0 Å². The van der Waals surface area contributed by atoms with Crippen LogP contribution in [0.2, 0.25) is 0 Å². The summed E-state index contributed by atoms with van der Waals surface area (Å²) in [6.07, 6.45) is 2.20. The minimum Gasteiger partial charge on any atom is -0.383 e. The van der Waals surface area contributed by atoms with E-state index in [0.29, 0.717) is 6.54 Å². The Morgan fingerprint density at radius 2 is 2.09 bits per heavy atom. The number of rotatable bonds is 8. The van der Waals surface area contributed by atoms with Crippen LogP contribution in [0.5, 0.6) is 0 Å². The van der Waals surface area contributed by atoms with Crippen molar-refractivity contribution in [2.45, 2.75) is 25.4 Å². The van der Waals surface area contributed by atoms with Crippen molar-refractivity contribution in [2.24, 2.45) is 10.9 Å². The van der Waals surface area contributed by atoms with Gasteiger partial charge in [0.1, 0.15) is 0 Å². The van der Waals surface area contributed by atoms with Crippen LogP contribution < -0.4 is 11.2 Å². The van der Waals surface area contributed by atoms with Crippen molar-refractivity contribution in [3.63, 3.8) is 0 Å². The van der Waals surface area contributed by atoms with E-state index in [1.807, 2.05) is 18.2 Å². The largest absolute Gasteiger partial charge is 0.383 e. The lowest BCUT2D eigenvalue weighted by Gasteiger charge is -2.31. The molecule has 0 amide bonds. The number of hydrogen-bond donors (Lipinski definition) is 2. The zero-order chi connectivity index (χ0) is 15.9. The average Bonchev–Trinajstić information content (AvgIpc) is 3.03. The Bertz CT molecular complexity index is 525. The van der Waals surface area contributed by atoms with Crippen LogP contribution in [0.3, 0.4) is 0 Å². The van der Waals surface area contributed by atoms with Crippen molar-refractivity contribution in [1.29, 1.82) is 0 Å². The van der Waals surface area contributed by atoms with Gasteiger partial charge in [0.15, 0.2) is 0 Å². The molecule has 1 fully saturated rings. The fourth-order valence-electron chi connectivity index (χ4n) is 2.76. The number of nitrogens with one attached hydrogen (secondary N) is 1. The molecule has 1 atom stereocenters. The Morgan fingerprint density at radius 1 is 1.36 bits per heavy atom. The quantitative estimate of drug-likeness (QED) is 0.438. The monoisotopic (exact) mass is 299 g/mol. The van der Waals surface area contributed by atoms with Crippen LogP contribution in [-0.4, -0.2) is 35.9 Å². The van der Waals surface area contributed by atoms with Gasteiger partial charge in [0.2, 0.25) is 0 Å². The lowest BCUT2D eigenvalue weighted by atomic mass is 10.1. The van der Waals surface area contributed by atoms with Gasteiger partial charge in [-0.05, 0) is 18.4 Å². The first-order valence-corrected chi connectivity index (χ1v) is 7.51. The molecule has 3 N–H and O–H groups in total. The van der Waals surface area contributed by atoms with Gasteiger partial charge in [-0.25, -0.2) is 11.0 Å². The Kier molecular flexibility index (Phi) is 5.61. The molecule has 1 aromatic rings. The zero-order valence-corrected chi connectivity index (χ0v) is 13.0. The lowest BCUT2D eigenvalue weighted by Crippen LogP contribution is -2.39. The molecule has 118 valence electrons. The van der Waals surface area contributed by atoms with Crippen molar-refractivity contribution >= 4 is 6.72 Å². The van der Waals surface area contributed by atoms with Gasteiger partial charge in [0, 0.05) is 31.2 Å². The molecule has 1 aliphatic rings. The minimum atomic E-state index is 0.259. The van der Waals surface area contributed by atoms with Crippen LogP contribution in [0.1, 0.15) is 18.4 Å². The van der Waals surface area contributed by atoms with Gasteiger partial charge >= 0.3 is 0 Å². The highest BCUT2D eigenvalue weighted by Crippen LogP contribution is 2.25. The van der Waals surface area contributed by atoms with Crippen LogP contribution in [0.15, 0.2) is 60.0 Å². The van der Waals surface area contributed by atoms with Crippen molar-refractivity contribution in [3.05, 3.63) is 60.4 Å². The molecule has 1 aromatic carbocycles. The second-order valence-corrected chi connectivity index (χ2v) is 5.52. The summed E-state index contributed by atoms with van der Waals surface area (Å²) in [4.78, 5) is 2.26. The molecule has 0 aromatic heterocycles. The predicted molar refractivity (Wildman–Crippen MR) is 91.7 cm³/mol. The summed E-state index contributed by atoms with van der Waals surface area (Å²) in [6.45, 7) is 14.0. The fraction of sp³-hybridized carbons (Fsp3) is 0.353. The topological polar surface area (TPSA) is 56.9 Å². The molecule has 0 saturated carbocycles. The van der Waals surface area contributed by atoms with Crippen LogP contribution >= 0.6 is 0 Å². The zero-order valence-electron chi connectivity index (χ0n) is 13.0. The molecular weight excluding hydrogens is 274 g/mol. The van der Waals surface area contributed by atoms with E-state index in [-0.39, 0.29) is 6.04 Å². The van der Waals surface area contributed by atoms with Crippen molar-refractivity contribution in [1.82, 2.24) is 15.3 Å². The number of hydrazone groups is 1. The Morgan fingerprint density at radius 3 is 2.77 bits per heavy atom.